The van der Waals surface area contributed by atoms with E-state index in [2.05, 4.69) is 67.9 Å². The molecule has 4 fully saturated rings. The second kappa shape index (κ2) is 17.4. The van der Waals surface area contributed by atoms with E-state index in [1.165, 1.54) is 36.5 Å². The number of pyridine rings is 1. The molecule has 10 rings (SSSR count). The molecule has 67 heavy (non-hydrogen) atoms. The van der Waals surface area contributed by atoms with Crippen LogP contribution in [0, 0.1) is 28.4 Å². The third kappa shape index (κ3) is 8.83. The second-order valence-electron chi connectivity index (χ2n) is 20.5. The van der Waals surface area contributed by atoms with Gasteiger partial charge in [-0.1, -0.05) is 44.5 Å². The van der Waals surface area contributed by atoms with Gasteiger partial charge in [-0.3, -0.25) is 19.8 Å². The number of nitro benzene ring substituents is 1. The molecule has 0 unspecified atom stereocenters. The first-order valence-electron chi connectivity index (χ1n) is 23.9. The van der Waals surface area contributed by atoms with Crippen molar-refractivity contribution < 1.29 is 32.7 Å². The smallest absolute Gasteiger partial charge is 0.297 e. The monoisotopic (exact) mass is 931 g/mol. The molecular weight excluding hydrogens is 871 g/mol. The van der Waals surface area contributed by atoms with Gasteiger partial charge in [0.15, 0.2) is 11.4 Å². The highest BCUT2D eigenvalue weighted by molar-refractivity contribution is 7.90. The minimum absolute atomic E-state index is 0.00523. The van der Waals surface area contributed by atoms with Crippen molar-refractivity contribution in [1.82, 2.24) is 19.6 Å². The van der Waals surface area contributed by atoms with Crippen LogP contribution in [0.5, 0.6) is 17.2 Å². The number of ether oxygens (including phenoxy) is 2. The van der Waals surface area contributed by atoms with Crippen LogP contribution in [-0.2, 0) is 10.0 Å². The van der Waals surface area contributed by atoms with Crippen LogP contribution in [-0.4, -0.2) is 89.7 Å². The van der Waals surface area contributed by atoms with E-state index >= 15 is 0 Å². The molecule has 2 saturated heterocycles. The molecule has 16 heteroatoms. The molecule has 2 saturated carbocycles. The number of aryl methyl sites for hydroxylation is 1. The van der Waals surface area contributed by atoms with Gasteiger partial charge in [0.05, 0.1) is 32.7 Å². The van der Waals surface area contributed by atoms with Gasteiger partial charge in [0.1, 0.15) is 23.8 Å². The normalized spacial score (nSPS) is 25.0. The topological polar surface area (TPSA) is 192 Å². The molecule has 2 aromatic heterocycles. The van der Waals surface area contributed by atoms with Crippen LogP contribution in [0.2, 0.25) is 0 Å². The van der Waals surface area contributed by atoms with Crippen molar-refractivity contribution in [2.45, 2.75) is 120 Å². The number of amides is 1. The quantitative estimate of drug-likeness (QED) is 0.0727. The first-order chi connectivity index (χ1) is 32.1. The van der Waals surface area contributed by atoms with Crippen molar-refractivity contribution in [3.05, 3.63) is 105 Å². The van der Waals surface area contributed by atoms with Gasteiger partial charge in [-0.05, 0) is 124 Å². The largest absolute Gasteiger partial charge is 0.489 e. The first kappa shape index (κ1) is 45.1. The summed E-state index contributed by atoms with van der Waals surface area (Å²) in [6, 6.07) is 20.4. The summed E-state index contributed by atoms with van der Waals surface area (Å²) < 4.78 is 42.7. The van der Waals surface area contributed by atoms with E-state index < -0.39 is 37.0 Å². The molecule has 0 bridgehead atoms. The maximum absolute atomic E-state index is 14.2. The number of nitrogens with one attached hydrogen (secondary N) is 3. The number of hydrogen-bond acceptors (Lipinski definition) is 12. The van der Waals surface area contributed by atoms with E-state index in [1.807, 2.05) is 25.1 Å². The van der Waals surface area contributed by atoms with Crippen LogP contribution in [0.4, 0.5) is 17.1 Å². The number of hydrogen-bond donors (Lipinski definition) is 4. The van der Waals surface area contributed by atoms with Crippen molar-refractivity contribution in [2.75, 3.05) is 43.0 Å². The van der Waals surface area contributed by atoms with Gasteiger partial charge in [-0.25, -0.2) is 18.1 Å². The summed E-state index contributed by atoms with van der Waals surface area (Å²) in [6.45, 7) is 12.2. The Balaban J connectivity index is 0.866. The second-order valence-corrected chi connectivity index (χ2v) is 22.1. The number of nitrogens with zero attached hydrogens (tertiary/aromatic N) is 4. The van der Waals surface area contributed by atoms with Gasteiger partial charge in [0.25, 0.3) is 21.6 Å². The van der Waals surface area contributed by atoms with E-state index in [0.717, 1.165) is 56.2 Å². The number of rotatable bonds is 11. The van der Waals surface area contributed by atoms with Crippen LogP contribution in [0.1, 0.15) is 118 Å². The Kier molecular flexibility index (Phi) is 11.7. The lowest BCUT2D eigenvalue weighted by molar-refractivity contribution is -0.384. The number of carbonyl (C=O) groups is 1. The predicted molar refractivity (Wildman–Crippen MR) is 257 cm³/mol. The van der Waals surface area contributed by atoms with E-state index in [9.17, 15) is 28.4 Å². The van der Waals surface area contributed by atoms with Crippen molar-refractivity contribution >= 4 is 44.0 Å². The number of aromatic nitrogens is 2. The summed E-state index contributed by atoms with van der Waals surface area (Å²) in [5.74, 6) is 0.769. The van der Waals surface area contributed by atoms with E-state index in [1.54, 1.807) is 25.3 Å². The molecule has 5 aliphatic rings. The van der Waals surface area contributed by atoms with Gasteiger partial charge in [0.2, 0.25) is 0 Å². The number of anilines is 2. The summed E-state index contributed by atoms with van der Waals surface area (Å²) in [7, 11) is -4.67. The molecule has 3 aliphatic heterocycles. The Labute approximate surface area is 391 Å². The number of aliphatic hydroxyl groups is 1. The van der Waals surface area contributed by atoms with Crippen LogP contribution in [0.25, 0.3) is 11.0 Å². The summed E-state index contributed by atoms with van der Waals surface area (Å²) in [4.78, 5) is 38.2. The average Bonchev–Trinajstić information content (AvgIpc) is 3.97. The maximum Gasteiger partial charge on any atom is 0.297 e. The third-order valence-corrected chi connectivity index (χ3v) is 16.9. The molecule has 2 aliphatic carbocycles. The van der Waals surface area contributed by atoms with Crippen LogP contribution in [0.3, 0.4) is 0 Å². The molecule has 3 aromatic carbocycles. The van der Waals surface area contributed by atoms with Crippen LogP contribution >= 0.6 is 0 Å². The number of carbonyl (C=O) groups excluding carboxylic acids is 1. The summed E-state index contributed by atoms with van der Waals surface area (Å²) in [6.07, 6.45) is 10.2. The molecule has 5 aromatic rings. The molecule has 0 radical (unpaired) electrons. The molecule has 1 amide bonds. The van der Waals surface area contributed by atoms with Gasteiger partial charge in [-0.2, -0.15) is 0 Å². The lowest BCUT2D eigenvalue weighted by Gasteiger charge is -2.57. The van der Waals surface area contributed by atoms with E-state index in [4.69, 9.17) is 9.47 Å². The minimum Gasteiger partial charge on any atom is -0.489 e. The zero-order valence-electron chi connectivity index (χ0n) is 38.7. The van der Waals surface area contributed by atoms with E-state index in [-0.39, 0.29) is 46.7 Å². The lowest BCUT2D eigenvalue weighted by Crippen LogP contribution is -2.63. The van der Waals surface area contributed by atoms with Gasteiger partial charge >= 0.3 is 0 Å². The minimum atomic E-state index is -4.67. The zero-order valence-corrected chi connectivity index (χ0v) is 39.5. The fraction of sp³-hybridized carbons (Fsp3) is 0.490. The summed E-state index contributed by atoms with van der Waals surface area (Å²) in [5.41, 5.74) is 4.18. The van der Waals surface area contributed by atoms with E-state index in [0.29, 0.717) is 60.7 Å². The Hall–Kier alpha value is -5.71. The number of nitro groups is 1. The molecule has 5 heterocycles. The molecule has 3 atom stereocenters. The van der Waals surface area contributed by atoms with Crippen molar-refractivity contribution in [3.8, 4) is 17.2 Å². The molecule has 15 nitrogen and oxygen atoms in total. The Morgan fingerprint density at radius 3 is 2.51 bits per heavy atom. The summed E-state index contributed by atoms with van der Waals surface area (Å²) in [5, 5.41) is 26.9. The number of H-pyrrole nitrogens is 1. The maximum atomic E-state index is 14.2. The van der Waals surface area contributed by atoms with Crippen molar-refractivity contribution in [3.63, 3.8) is 0 Å². The summed E-state index contributed by atoms with van der Waals surface area (Å²) >= 11 is 0. The van der Waals surface area contributed by atoms with Crippen LogP contribution < -0.4 is 24.4 Å². The first-order valence-corrected chi connectivity index (χ1v) is 25.4. The fourth-order valence-corrected chi connectivity index (χ4v) is 12.7. The Morgan fingerprint density at radius 1 is 1.00 bits per heavy atom. The van der Waals surface area contributed by atoms with Crippen molar-refractivity contribution in [1.29, 1.82) is 0 Å². The number of aromatic amines is 1. The van der Waals surface area contributed by atoms with Gasteiger partial charge in [-0.15, -0.1) is 0 Å². The highest BCUT2D eigenvalue weighted by Crippen LogP contribution is 2.49. The highest BCUT2D eigenvalue weighted by atomic mass is 32.2. The van der Waals surface area contributed by atoms with Crippen LogP contribution in [0.15, 0.2) is 77.8 Å². The Bertz CT molecular complexity index is 2820. The average molecular weight is 932 g/mol. The molecule has 354 valence electrons. The van der Waals surface area contributed by atoms with Gasteiger partial charge < -0.3 is 29.8 Å². The predicted octanol–water partition coefficient (Wildman–Crippen LogP) is 9.17. The lowest BCUT2D eigenvalue weighted by atomic mass is 9.70. The fourth-order valence-electron chi connectivity index (χ4n) is 11.7. The Morgan fingerprint density at radius 2 is 1.76 bits per heavy atom. The number of sulfonamides is 1. The number of benzene rings is 3. The third-order valence-electron chi connectivity index (χ3n) is 15.6. The standard InChI is InChI=1S/C51H61N7O8S/c1-31(2)37-8-5-6-9-38(37)39-10-7-11-42(39)57-29-51(30-57)19-22-56(23-20-51)35-12-13-40(45(25-35)66-44-24-34-16-21-52-48(34)53-32(44)3)49(59)55-67(63,64)36-26-43(58(61)62)47-46(27-36)65-28-41(54-47)33-14-17-50(4,60)18-15-33/h5-6,8-9,12-13,16,21,24-27,31,33,39,41-42,54,60H,7,10-11,14-15,17-20,22-23,28-30H2,1-4H3,(H,52,53)(H,55,59)/t33-,39-,41+,42-,50-/m0/s1. The number of fused-ring (bicyclic) bond motifs is 2. The number of likely N-dealkylation sites (tertiary alicyclic amines) is 1. The SMILES string of the molecule is Cc1nc2[nH]ccc2cc1Oc1cc(N2CCC3(CC2)CN([C@H]2CCC[C@H]2c2ccccc2C(C)C)C3)ccc1C(=O)NS(=O)(=O)c1cc2c(c([N+](=O)[O-])c1)N[C@@H]([C@H]1CC[C@](C)(O)CC1)CO2. The number of piperidine rings is 1. The zero-order chi connectivity index (χ0) is 46.8. The molecule has 4 N–H and O–H groups in total. The highest BCUT2D eigenvalue weighted by Gasteiger charge is 2.49. The van der Waals surface area contributed by atoms with Gasteiger partial charge in [0, 0.05) is 67.7 Å². The molecular formula is C51H61N7O8S. The molecule has 1 spiro atoms. The van der Waals surface area contributed by atoms with Crippen molar-refractivity contribution in [2.24, 2.45) is 11.3 Å².